The Labute approximate surface area is 110 Å². The average Bonchev–Trinajstić information content (AvgIpc) is 2.25. The van der Waals surface area contributed by atoms with Crippen molar-refractivity contribution in [2.45, 2.75) is 31.2 Å². The molecule has 0 heterocycles. The molecule has 1 rings (SSSR count). The fourth-order valence-corrected chi connectivity index (χ4v) is 3.69. The van der Waals surface area contributed by atoms with Crippen LogP contribution in [-0.4, -0.2) is 14.5 Å². The molecule has 0 amide bonds. The van der Waals surface area contributed by atoms with E-state index in [1.54, 1.807) is 19.1 Å². The Bertz CT molecular complexity index is 549. The number of benzene rings is 1. The van der Waals surface area contributed by atoms with Crippen LogP contribution in [0.4, 0.5) is 0 Å². The van der Waals surface area contributed by atoms with Crippen LogP contribution in [-0.2, 0) is 10.0 Å². The van der Waals surface area contributed by atoms with Gasteiger partial charge in [-0.2, -0.15) is 9.98 Å². The molecule has 0 radical (unpaired) electrons. The third-order valence-electron chi connectivity index (χ3n) is 2.24. The Morgan fingerprint density at radius 2 is 2.18 bits per heavy atom. The van der Waals surface area contributed by atoms with Crippen LogP contribution >= 0.6 is 15.9 Å². The number of rotatable bonds is 4. The van der Waals surface area contributed by atoms with Gasteiger partial charge in [0.1, 0.15) is 6.04 Å². The van der Waals surface area contributed by atoms with Crippen molar-refractivity contribution in [3.05, 3.63) is 28.2 Å². The molecule has 0 unspecified atom stereocenters. The van der Waals surface area contributed by atoms with E-state index in [-0.39, 0.29) is 4.90 Å². The lowest BCUT2D eigenvalue weighted by Gasteiger charge is -2.11. The molecule has 1 aromatic rings. The zero-order chi connectivity index (χ0) is 13.1. The van der Waals surface area contributed by atoms with Gasteiger partial charge in [0.05, 0.1) is 11.0 Å². The van der Waals surface area contributed by atoms with Gasteiger partial charge < -0.3 is 0 Å². The first kappa shape index (κ1) is 14.2. The summed E-state index contributed by atoms with van der Waals surface area (Å²) in [4.78, 5) is 0.150. The van der Waals surface area contributed by atoms with Gasteiger partial charge in [0.15, 0.2) is 0 Å². The van der Waals surface area contributed by atoms with E-state index in [2.05, 4.69) is 20.7 Å². The standard InChI is InChI=1S/C11H13BrN2O2S/c1-3-9(7-13)14-17(15,16)11-5-4-8(2)6-10(11)12/h4-6,9,14H,3H2,1-2H3/t9-/m0/s1. The van der Waals surface area contributed by atoms with Crippen molar-refractivity contribution < 1.29 is 8.42 Å². The summed E-state index contributed by atoms with van der Waals surface area (Å²) in [7, 11) is -3.65. The van der Waals surface area contributed by atoms with Gasteiger partial charge in [0.2, 0.25) is 10.0 Å². The minimum absolute atomic E-state index is 0.150. The summed E-state index contributed by atoms with van der Waals surface area (Å²) in [5.41, 5.74) is 0.961. The van der Waals surface area contributed by atoms with Gasteiger partial charge in [0.25, 0.3) is 0 Å². The van der Waals surface area contributed by atoms with Gasteiger partial charge in [-0.25, -0.2) is 8.42 Å². The summed E-state index contributed by atoms with van der Waals surface area (Å²) < 4.78 is 26.8. The summed E-state index contributed by atoms with van der Waals surface area (Å²) in [6.07, 6.45) is 0.430. The predicted molar refractivity (Wildman–Crippen MR) is 68.9 cm³/mol. The highest BCUT2D eigenvalue weighted by Crippen LogP contribution is 2.23. The predicted octanol–water partition coefficient (Wildman–Crippen LogP) is 2.34. The summed E-state index contributed by atoms with van der Waals surface area (Å²) in [5.74, 6) is 0. The lowest BCUT2D eigenvalue weighted by atomic mass is 10.2. The number of hydrogen-bond acceptors (Lipinski definition) is 3. The van der Waals surface area contributed by atoms with Gasteiger partial charge >= 0.3 is 0 Å². The number of sulfonamides is 1. The second-order valence-electron chi connectivity index (χ2n) is 3.65. The lowest BCUT2D eigenvalue weighted by Crippen LogP contribution is -2.33. The molecule has 4 nitrogen and oxygen atoms in total. The monoisotopic (exact) mass is 316 g/mol. The molecule has 92 valence electrons. The van der Waals surface area contributed by atoms with Crippen molar-refractivity contribution >= 4 is 26.0 Å². The highest BCUT2D eigenvalue weighted by atomic mass is 79.9. The second-order valence-corrected chi connectivity index (χ2v) is 6.18. The van der Waals surface area contributed by atoms with E-state index in [9.17, 15) is 8.42 Å². The van der Waals surface area contributed by atoms with Crippen LogP contribution in [0.3, 0.4) is 0 Å². The maximum absolute atomic E-state index is 12.0. The van der Waals surface area contributed by atoms with Crippen LogP contribution in [0.15, 0.2) is 27.6 Å². The van der Waals surface area contributed by atoms with E-state index in [4.69, 9.17) is 5.26 Å². The number of aryl methyl sites for hydroxylation is 1. The second kappa shape index (κ2) is 5.63. The van der Waals surface area contributed by atoms with E-state index >= 15 is 0 Å². The lowest BCUT2D eigenvalue weighted by molar-refractivity contribution is 0.569. The molecule has 1 N–H and O–H groups in total. The molecule has 0 aliphatic heterocycles. The third-order valence-corrected chi connectivity index (χ3v) is 4.69. The molecule has 1 atom stereocenters. The molecule has 0 aliphatic carbocycles. The zero-order valence-electron chi connectivity index (χ0n) is 9.57. The first-order chi connectivity index (χ1) is 7.90. The first-order valence-electron chi connectivity index (χ1n) is 5.08. The van der Waals surface area contributed by atoms with E-state index in [0.29, 0.717) is 10.9 Å². The number of nitrogens with one attached hydrogen (secondary N) is 1. The molecule has 1 aromatic carbocycles. The maximum atomic E-state index is 12.0. The smallest absolute Gasteiger partial charge is 0.207 e. The minimum atomic E-state index is -3.65. The fraction of sp³-hybridized carbons (Fsp3) is 0.364. The van der Waals surface area contributed by atoms with Crippen molar-refractivity contribution in [3.8, 4) is 6.07 Å². The fourth-order valence-electron chi connectivity index (χ4n) is 1.28. The molecular weight excluding hydrogens is 304 g/mol. The maximum Gasteiger partial charge on any atom is 0.242 e. The van der Waals surface area contributed by atoms with Crippen molar-refractivity contribution in [1.29, 1.82) is 5.26 Å². The Kier molecular flexibility index (Phi) is 4.69. The van der Waals surface area contributed by atoms with E-state index in [1.807, 2.05) is 13.0 Å². The molecule has 0 spiro atoms. The molecule has 6 heteroatoms. The van der Waals surface area contributed by atoms with Crippen molar-refractivity contribution in [2.75, 3.05) is 0 Å². The normalized spacial score (nSPS) is 13.1. The van der Waals surface area contributed by atoms with E-state index < -0.39 is 16.1 Å². The van der Waals surface area contributed by atoms with Crippen LogP contribution in [0.25, 0.3) is 0 Å². The van der Waals surface area contributed by atoms with Crippen LogP contribution in [0.5, 0.6) is 0 Å². The van der Waals surface area contributed by atoms with Crippen molar-refractivity contribution in [1.82, 2.24) is 4.72 Å². The molecule has 0 saturated heterocycles. The number of nitriles is 1. The van der Waals surface area contributed by atoms with Gasteiger partial charge in [0, 0.05) is 4.47 Å². The first-order valence-corrected chi connectivity index (χ1v) is 7.36. The average molecular weight is 317 g/mol. The van der Waals surface area contributed by atoms with Crippen LogP contribution < -0.4 is 4.72 Å². The molecule has 0 bridgehead atoms. The Balaban J connectivity index is 3.10. The van der Waals surface area contributed by atoms with Crippen molar-refractivity contribution in [3.63, 3.8) is 0 Å². The third kappa shape index (κ3) is 3.53. The SMILES string of the molecule is CC[C@@H](C#N)NS(=O)(=O)c1ccc(C)cc1Br. The molecule has 0 aliphatic rings. The highest BCUT2D eigenvalue weighted by Gasteiger charge is 2.21. The van der Waals surface area contributed by atoms with Crippen LogP contribution in [0.2, 0.25) is 0 Å². The summed E-state index contributed by atoms with van der Waals surface area (Å²) in [5, 5.41) is 8.76. The van der Waals surface area contributed by atoms with Gasteiger partial charge in [-0.15, -0.1) is 0 Å². The van der Waals surface area contributed by atoms with Crippen LogP contribution in [0, 0.1) is 18.3 Å². The highest BCUT2D eigenvalue weighted by molar-refractivity contribution is 9.10. The zero-order valence-corrected chi connectivity index (χ0v) is 12.0. The van der Waals surface area contributed by atoms with Gasteiger partial charge in [-0.1, -0.05) is 13.0 Å². The number of nitrogens with zero attached hydrogens (tertiary/aromatic N) is 1. The Hall–Kier alpha value is -0.900. The van der Waals surface area contributed by atoms with Crippen LogP contribution in [0.1, 0.15) is 18.9 Å². The molecule has 0 fully saturated rings. The Morgan fingerprint density at radius 1 is 1.53 bits per heavy atom. The topological polar surface area (TPSA) is 70.0 Å². The molecule has 0 aromatic heterocycles. The molecule has 0 saturated carbocycles. The van der Waals surface area contributed by atoms with E-state index in [0.717, 1.165) is 5.56 Å². The summed E-state index contributed by atoms with van der Waals surface area (Å²) >= 11 is 3.21. The molecular formula is C11H13BrN2O2S. The molecule has 17 heavy (non-hydrogen) atoms. The minimum Gasteiger partial charge on any atom is -0.207 e. The number of halogens is 1. The van der Waals surface area contributed by atoms with Gasteiger partial charge in [-0.05, 0) is 47.0 Å². The largest absolute Gasteiger partial charge is 0.242 e. The summed E-state index contributed by atoms with van der Waals surface area (Å²) in [6.45, 7) is 3.62. The van der Waals surface area contributed by atoms with E-state index in [1.165, 1.54) is 6.07 Å². The summed E-state index contributed by atoms with van der Waals surface area (Å²) in [6, 6.07) is 6.16. The number of hydrogen-bond donors (Lipinski definition) is 1. The van der Waals surface area contributed by atoms with Gasteiger partial charge in [-0.3, -0.25) is 0 Å². The van der Waals surface area contributed by atoms with Crippen molar-refractivity contribution in [2.24, 2.45) is 0 Å². The Morgan fingerprint density at radius 3 is 2.65 bits per heavy atom. The quantitative estimate of drug-likeness (QED) is 0.926.